The molecule has 0 fully saturated rings. The number of aromatic nitrogens is 2. The van der Waals surface area contributed by atoms with Crippen molar-refractivity contribution >= 4 is 40.2 Å². The molecule has 0 saturated heterocycles. The van der Waals surface area contributed by atoms with Gasteiger partial charge in [-0.2, -0.15) is 5.10 Å². The minimum absolute atomic E-state index is 0.120. The van der Waals surface area contributed by atoms with Crippen molar-refractivity contribution in [3.05, 3.63) is 44.0 Å². The third kappa shape index (κ3) is 2.46. The van der Waals surface area contributed by atoms with Crippen LogP contribution in [-0.2, 0) is 4.74 Å². The summed E-state index contributed by atoms with van der Waals surface area (Å²) >= 11 is 7.96. The molecule has 1 aromatic carbocycles. The van der Waals surface area contributed by atoms with E-state index in [1.54, 1.807) is 13.0 Å². The Bertz CT molecular complexity index is 637. The summed E-state index contributed by atoms with van der Waals surface area (Å²) in [6.07, 6.45) is 0. The fourth-order valence-electron chi connectivity index (χ4n) is 1.62. The number of hydrogen-bond donors (Lipinski definition) is 0. The first-order chi connectivity index (χ1) is 8.97. The first kappa shape index (κ1) is 14.3. The van der Waals surface area contributed by atoms with Gasteiger partial charge in [0, 0.05) is 0 Å². The van der Waals surface area contributed by atoms with Crippen molar-refractivity contribution in [2.45, 2.75) is 6.92 Å². The fourth-order valence-corrected chi connectivity index (χ4v) is 2.42. The fraction of sp³-hybridized carbons (Fsp3) is 0.167. The van der Waals surface area contributed by atoms with E-state index in [0.717, 1.165) is 0 Å². The predicted octanol–water partition coefficient (Wildman–Crippen LogP) is 3.36. The van der Waals surface area contributed by atoms with Crippen molar-refractivity contribution in [1.29, 1.82) is 0 Å². The van der Waals surface area contributed by atoms with Gasteiger partial charge in [0.05, 0.1) is 21.4 Å². The molecule has 0 amide bonds. The summed E-state index contributed by atoms with van der Waals surface area (Å²) in [5.41, 5.74) is 0.877. The number of rotatable bonds is 2. The van der Waals surface area contributed by atoms with Crippen molar-refractivity contribution in [2.75, 3.05) is 7.11 Å². The van der Waals surface area contributed by atoms with E-state index in [-0.39, 0.29) is 16.4 Å². The van der Waals surface area contributed by atoms with E-state index in [2.05, 4.69) is 9.84 Å². The Morgan fingerprint density at radius 3 is 2.79 bits per heavy atom. The summed E-state index contributed by atoms with van der Waals surface area (Å²) in [6, 6.07) is 4.35. The van der Waals surface area contributed by atoms with Crippen LogP contribution in [0.1, 0.15) is 16.2 Å². The number of para-hydroxylation sites is 1. The molecule has 0 spiro atoms. The number of methoxy groups -OCH3 is 1. The summed E-state index contributed by atoms with van der Waals surface area (Å²) in [7, 11) is 1.27. The minimum Gasteiger partial charge on any atom is -0.464 e. The SMILES string of the molecule is COC(=O)c1nn(-c2c(F)cccc2Cl)c(C)c1I. The Morgan fingerprint density at radius 2 is 2.21 bits per heavy atom. The monoisotopic (exact) mass is 394 g/mol. The quantitative estimate of drug-likeness (QED) is 0.579. The van der Waals surface area contributed by atoms with E-state index in [1.807, 2.05) is 22.6 Å². The normalized spacial score (nSPS) is 10.6. The highest BCUT2D eigenvalue weighted by Crippen LogP contribution is 2.27. The second-order valence-corrected chi connectivity index (χ2v) is 5.21. The molecule has 0 aliphatic heterocycles. The number of benzene rings is 1. The van der Waals surface area contributed by atoms with Gasteiger partial charge in [0.15, 0.2) is 5.69 Å². The van der Waals surface area contributed by atoms with Crippen LogP contribution >= 0.6 is 34.2 Å². The molecule has 1 heterocycles. The molecule has 0 N–H and O–H groups in total. The zero-order valence-corrected chi connectivity index (χ0v) is 13.0. The van der Waals surface area contributed by atoms with Gasteiger partial charge in [-0.15, -0.1) is 0 Å². The summed E-state index contributed by atoms with van der Waals surface area (Å²) in [5, 5.41) is 4.30. The zero-order valence-electron chi connectivity index (χ0n) is 10.1. The maximum Gasteiger partial charge on any atom is 0.359 e. The second-order valence-electron chi connectivity index (χ2n) is 3.72. The molecule has 0 saturated carbocycles. The number of nitrogens with zero attached hydrogens (tertiary/aromatic N) is 2. The van der Waals surface area contributed by atoms with Crippen LogP contribution in [-0.4, -0.2) is 22.9 Å². The molecule has 4 nitrogen and oxygen atoms in total. The van der Waals surface area contributed by atoms with Crippen LogP contribution in [0.15, 0.2) is 18.2 Å². The van der Waals surface area contributed by atoms with Crippen LogP contribution in [0.2, 0.25) is 5.02 Å². The predicted molar refractivity (Wildman–Crippen MR) is 77.3 cm³/mol. The van der Waals surface area contributed by atoms with E-state index in [9.17, 15) is 9.18 Å². The molecule has 2 aromatic rings. The molecule has 0 aliphatic rings. The Hall–Kier alpha value is -1.15. The largest absolute Gasteiger partial charge is 0.464 e. The van der Waals surface area contributed by atoms with Gasteiger partial charge >= 0.3 is 5.97 Å². The lowest BCUT2D eigenvalue weighted by Crippen LogP contribution is -2.06. The second kappa shape index (κ2) is 5.46. The molecule has 2 rings (SSSR count). The Kier molecular flexibility index (Phi) is 4.10. The van der Waals surface area contributed by atoms with Crippen LogP contribution in [0, 0.1) is 16.3 Å². The first-order valence-electron chi connectivity index (χ1n) is 5.25. The number of hydrogen-bond acceptors (Lipinski definition) is 3. The minimum atomic E-state index is -0.571. The molecular formula is C12H9ClFIN2O2. The van der Waals surface area contributed by atoms with Gasteiger partial charge in [-0.3, -0.25) is 0 Å². The number of carbonyl (C=O) groups excluding carboxylic acids is 1. The molecule has 100 valence electrons. The number of esters is 1. The third-order valence-corrected chi connectivity index (χ3v) is 4.17. The molecule has 19 heavy (non-hydrogen) atoms. The lowest BCUT2D eigenvalue weighted by atomic mass is 10.3. The van der Waals surface area contributed by atoms with E-state index < -0.39 is 11.8 Å². The lowest BCUT2D eigenvalue weighted by Gasteiger charge is -2.07. The Morgan fingerprint density at radius 1 is 1.53 bits per heavy atom. The highest BCUT2D eigenvalue weighted by Gasteiger charge is 2.22. The maximum atomic E-state index is 13.9. The van der Waals surface area contributed by atoms with Gasteiger partial charge in [-0.25, -0.2) is 13.9 Å². The van der Waals surface area contributed by atoms with Gasteiger partial charge in [0.1, 0.15) is 11.5 Å². The molecular weight excluding hydrogens is 385 g/mol. The Labute approximate surface area is 127 Å². The van der Waals surface area contributed by atoms with Crippen molar-refractivity contribution in [1.82, 2.24) is 9.78 Å². The van der Waals surface area contributed by atoms with E-state index in [1.165, 1.54) is 23.9 Å². The van der Waals surface area contributed by atoms with Crippen LogP contribution in [0.3, 0.4) is 0 Å². The first-order valence-corrected chi connectivity index (χ1v) is 6.70. The molecule has 0 aliphatic carbocycles. The van der Waals surface area contributed by atoms with Crippen LogP contribution in [0.4, 0.5) is 4.39 Å². The summed E-state index contributed by atoms with van der Waals surface area (Å²) in [6.45, 7) is 1.73. The van der Waals surface area contributed by atoms with Crippen molar-refractivity contribution < 1.29 is 13.9 Å². The van der Waals surface area contributed by atoms with Gasteiger partial charge < -0.3 is 4.74 Å². The smallest absolute Gasteiger partial charge is 0.359 e. The van der Waals surface area contributed by atoms with Crippen molar-refractivity contribution in [3.63, 3.8) is 0 Å². The topological polar surface area (TPSA) is 44.1 Å². The summed E-state index contributed by atoms with van der Waals surface area (Å²) in [5.74, 6) is -1.08. The van der Waals surface area contributed by atoms with E-state index in [4.69, 9.17) is 11.6 Å². The highest BCUT2D eigenvalue weighted by atomic mass is 127. The third-order valence-electron chi connectivity index (χ3n) is 2.57. The van der Waals surface area contributed by atoms with Gasteiger partial charge in [0.2, 0.25) is 0 Å². The van der Waals surface area contributed by atoms with Gasteiger partial charge in [0.25, 0.3) is 0 Å². The number of ether oxygens (including phenoxy) is 1. The zero-order chi connectivity index (χ0) is 14.2. The van der Waals surface area contributed by atoms with Crippen LogP contribution in [0.25, 0.3) is 5.69 Å². The van der Waals surface area contributed by atoms with Crippen LogP contribution < -0.4 is 0 Å². The van der Waals surface area contributed by atoms with Crippen LogP contribution in [0.5, 0.6) is 0 Å². The lowest BCUT2D eigenvalue weighted by molar-refractivity contribution is 0.0592. The Balaban J connectivity index is 2.68. The van der Waals surface area contributed by atoms with Gasteiger partial charge in [-0.1, -0.05) is 17.7 Å². The molecule has 0 unspecified atom stereocenters. The van der Waals surface area contributed by atoms with Gasteiger partial charge in [-0.05, 0) is 41.6 Å². The maximum absolute atomic E-state index is 13.9. The van der Waals surface area contributed by atoms with E-state index >= 15 is 0 Å². The molecule has 0 radical (unpaired) electrons. The molecule has 1 aromatic heterocycles. The standard InChI is InChI=1S/C12H9ClFIN2O2/c1-6-9(15)10(12(18)19-2)16-17(6)11-7(13)4-3-5-8(11)14/h3-5H,1-2H3. The van der Waals surface area contributed by atoms with Crippen molar-refractivity contribution in [3.8, 4) is 5.69 Å². The molecule has 7 heteroatoms. The van der Waals surface area contributed by atoms with E-state index in [0.29, 0.717) is 9.26 Å². The molecule has 0 bridgehead atoms. The molecule has 0 atom stereocenters. The average molecular weight is 395 g/mol. The average Bonchev–Trinajstić information content (AvgIpc) is 2.66. The van der Waals surface area contributed by atoms with Crippen molar-refractivity contribution in [2.24, 2.45) is 0 Å². The number of carbonyl (C=O) groups is 1. The highest BCUT2D eigenvalue weighted by molar-refractivity contribution is 14.1. The number of halogens is 3. The summed E-state index contributed by atoms with van der Waals surface area (Å²) < 4.78 is 20.4. The summed E-state index contributed by atoms with van der Waals surface area (Å²) in [4.78, 5) is 11.6.